The molecule has 61 heavy (non-hydrogen) atoms. The molecule has 4 atom stereocenters. The van der Waals surface area contributed by atoms with Gasteiger partial charge in [0.15, 0.2) is 5.82 Å². The van der Waals surface area contributed by atoms with Gasteiger partial charge in [0.05, 0.1) is 33.4 Å². The largest absolute Gasteiger partial charge is 0.461 e. The molecule has 2 aromatic carbocycles. The van der Waals surface area contributed by atoms with Crippen LogP contribution in [0.5, 0.6) is 6.01 Å². The lowest BCUT2D eigenvalue weighted by atomic mass is 9.92. The first-order valence-corrected chi connectivity index (χ1v) is 20.7. The molecule has 2 amide bonds. The fourth-order valence-corrected chi connectivity index (χ4v) is 9.87. The second kappa shape index (κ2) is 15.7. The first kappa shape index (κ1) is 44.0. The van der Waals surface area contributed by atoms with Crippen molar-refractivity contribution in [1.29, 1.82) is 5.26 Å². The lowest BCUT2D eigenvalue weighted by molar-refractivity contribution is -0.137. The number of ether oxygens (including phenoxy) is 3. The van der Waals surface area contributed by atoms with E-state index < -0.39 is 92.8 Å². The fourth-order valence-electron chi connectivity index (χ4n) is 8.81. The maximum absolute atomic E-state index is 17.6. The number of amides is 2. The Morgan fingerprint density at radius 2 is 1.79 bits per heavy atom. The van der Waals surface area contributed by atoms with Gasteiger partial charge in [0.2, 0.25) is 0 Å². The number of likely N-dealkylation sites (N-methyl/N-ethyl adjacent to an activating group) is 1. The summed E-state index contributed by atoms with van der Waals surface area (Å²) in [5, 5.41) is 11.8. The second-order valence-electron chi connectivity index (χ2n) is 17.9. The van der Waals surface area contributed by atoms with Crippen LogP contribution >= 0.6 is 11.3 Å². The van der Waals surface area contributed by atoms with Gasteiger partial charge in [0.25, 0.3) is 0 Å². The molecule has 1 unspecified atom stereocenters. The highest BCUT2D eigenvalue weighted by Gasteiger charge is 2.50. The molecule has 0 bridgehead atoms. The maximum atomic E-state index is 17.6. The quantitative estimate of drug-likeness (QED) is 0.179. The van der Waals surface area contributed by atoms with Crippen molar-refractivity contribution in [3.8, 4) is 23.2 Å². The summed E-state index contributed by atoms with van der Waals surface area (Å²) in [6.07, 6.45) is -5.94. The molecule has 2 aromatic heterocycles. The smallest absolute Gasteiger partial charge is 0.417 e. The van der Waals surface area contributed by atoms with E-state index in [0.29, 0.717) is 36.8 Å². The minimum Gasteiger partial charge on any atom is -0.461 e. The van der Waals surface area contributed by atoms with Crippen molar-refractivity contribution >= 4 is 55.3 Å². The highest BCUT2D eigenvalue weighted by Crippen LogP contribution is 2.49. The van der Waals surface area contributed by atoms with Gasteiger partial charge in [-0.05, 0) is 92.0 Å². The van der Waals surface area contributed by atoms with Gasteiger partial charge >= 0.3 is 24.4 Å². The third-order valence-electron chi connectivity index (χ3n) is 11.4. The average molecular weight is 876 g/mol. The molecule has 3 aliphatic rings. The summed E-state index contributed by atoms with van der Waals surface area (Å²) in [4.78, 5) is 39.9. The number of alkyl halides is 4. The number of benzene rings is 2. The van der Waals surface area contributed by atoms with Crippen molar-refractivity contribution in [3.05, 3.63) is 41.0 Å². The van der Waals surface area contributed by atoms with Crippen molar-refractivity contribution in [2.75, 3.05) is 43.5 Å². The Kier molecular flexibility index (Phi) is 11.3. The van der Waals surface area contributed by atoms with E-state index in [2.05, 4.69) is 15.3 Å². The standard InChI is InChI=1S/C42H47F6N7O5S/c1-21-28(12-15-55(21)38(57)60-40(5,6)7)53(8)34-24-16-26(42(46,47)48)30(31(45)32(24)50-36(51-34)58-20-41-13-9-14-54(41)19-22(43)17-41)23-10-11-27(44)33-29(23)25(18-49)35(61-33)52-37(56)59-39(2,3)4/h10-11,16,21-22,28H,9,12-15,17,19-20H2,1-8H3,(H,52,56)/t21-,22-,28?,41+/m1/s1. The Labute approximate surface area is 352 Å². The van der Waals surface area contributed by atoms with Crippen LogP contribution in [-0.2, 0) is 15.7 Å². The van der Waals surface area contributed by atoms with Gasteiger partial charge in [-0.25, -0.2) is 22.8 Å². The van der Waals surface area contributed by atoms with E-state index in [0.717, 1.165) is 18.6 Å². The van der Waals surface area contributed by atoms with E-state index in [1.165, 1.54) is 4.90 Å². The number of likely N-dealkylation sites (tertiary alicyclic amines) is 1. The molecule has 328 valence electrons. The number of nitrogens with zero attached hydrogens (tertiary/aromatic N) is 6. The lowest BCUT2D eigenvalue weighted by Gasteiger charge is -2.33. The Balaban J connectivity index is 1.41. The van der Waals surface area contributed by atoms with E-state index >= 15 is 22.0 Å². The number of nitriles is 1. The number of anilines is 2. The van der Waals surface area contributed by atoms with Crippen LogP contribution in [0.25, 0.3) is 32.1 Å². The highest BCUT2D eigenvalue weighted by molar-refractivity contribution is 7.23. The molecule has 4 aromatic rings. The zero-order valence-electron chi connectivity index (χ0n) is 35.0. The van der Waals surface area contributed by atoms with Gasteiger partial charge in [0, 0.05) is 42.9 Å². The van der Waals surface area contributed by atoms with Gasteiger partial charge in [-0.2, -0.15) is 28.4 Å². The number of fused-ring (bicyclic) bond motifs is 3. The zero-order chi connectivity index (χ0) is 44.6. The fraction of sp³-hybridized carbons (Fsp3) is 0.548. The van der Waals surface area contributed by atoms with Gasteiger partial charge < -0.3 is 24.0 Å². The Bertz CT molecular complexity index is 2440. The van der Waals surface area contributed by atoms with Crippen LogP contribution in [0.3, 0.4) is 0 Å². The van der Waals surface area contributed by atoms with Gasteiger partial charge in [-0.3, -0.25) is 10.2 Å². The Morgan fingerprint density at radius 3 is 2.44 bits per heavy atom. The maximum Gasteiger partial charge on any atom is 0.417 e. The minimum atomic E-state index is -5.22. The molecule has 1 N–H and O–H groups in total. The summed E-state index contributed by atoms with van der Waals surface area (Å²) in [6, 6.07) is 2.90. The summed E-state index contributed by atoms with van der Waals surface area (Å²) in [5.74, 6) is -2.52. The molecule has 0 aliphatic carbocycles. The third-order valence-corrected chi connectivity index (χ3v) is 12.5. The van der Waals surface area contributed by atoms with E-state index in [4.69, 9.17) is 14.2 Å². The van der Waals surface area contributed by atoms with E-state index in [1.54, 1.807) is 60.4 Å². The van der Waals surface area contributed by atoms with Crippen LogP contribution in [0, 0.1) is 23.0 Å². The molecular weight excluding hydrogens is 829 g/mol. The van der Waals surface area contributed by atoms with Gasteiger partial charge in [-0.15, -0.1) is 11.3 Å². The third kappa shape index (κ3) is 8.45. The van der Waals surface area contributed by atoms with Crippen LogP contribution in [0.2, 0.25) is 0 Å². The molecule has 0 radical (unpaired) electrons. The van der Waals surface area contributed by atoms with E-state index in [-0.39, 0.29) is 58.4 Å². The van der Waals surface area contributed by atoms with Crippen LogP contribution < -0.4 is 15.0 Å². The number of aromatic nitrogens is 2. The number of carbonyl (C=O) groups is 2. The Morgan fingerprint density at radius 1 is 1.08 bits per heavy atom. The summed E-state index contributed by atoms with van der Waals surface area (Å²) in [6.45, 7) is 12.8. The number of halogens is 6. The molecule has 5 heterocycles. The summed E-state index contributed by atoms with van der Waals surface area (Å²) < 4.78 is 111. The summed E-state index contributed by atoms with van der Waals surface area (Å²) in [5.41, 5.74) is -6.40. The molecule has 3 fully saturated rings. The molecule has 12 nitrogen and oxygen atoms in total. The zero-order valence-corrected chi connectivity index (χ0v) is 35.8. The van der Waals surface area contributed by atoms with Crippen LogP contribution in [-0.4, -0.2) is 100 Å². The van der Waals surface area contributed by atoms with Crippen LogP contribution in [0.1, 0.15) is 85.3 Å². The first-order chi connectivity index (χ1) is 28.4. The predicted molar refractivity (Wildman–Crippen MR) is 218 cm³/mol. The number of hydrogen-bond acceptors (Lipinski definition) is 11. The number of nitrogens with one attached hydrogen (secondary N) is 1. The number of thiophene rings is 1. The highest BCUT2D eigenvalue weighted by atomic mass is 32.1. The van der Waals surface area contributed by atoms with Crippen molar-refractivity contribution in [2.45, 2.75) is 115 Å². The predicted octanol–water partition coefficient (Wildman–Crippen LogP) is 9.82. The number of rotatable bonds is 7. The second-order valence-corrected chi connectivity index (χ2v) is 18.9. The molecule has 7 rings (SSSR count). The van der Waals surface area contributed by atoms with Crippen molar-refractivity contribution in [3.63, 3.8) is 0 Å². The van der Waals surface area contributed by atoms with E-state index in [9.17, 15) is 19.2 Å². The van der Waals surface area contributed by atoms with Crippen molar-refractivity contribution in [2.24, 2.45) is 0 Å². The monoisotopic (exact) mass is 875 g/mol. The molecule has 0 spiro atoms. The van der Waals surface area contributed by atoms with Crippen LogP contribution in [0.4, 0.5) is 46.8 Å². The molecule has 0 saturated carbocycles. The normalized spacial score (nSPS) is 22.1. The van der Waals surface area contributed by atoms with Crippen LogP contribution in [0.15, 0.2) is 18.2 Å². The Hall–Kier alpha value is -5.09. The SMILES string of the molecule is C[C@@H]1C(N(C)c2nc(OC[C@@]34CCCN3C[C@H](F)C4)nc3c(F)c(-c4ccc(F)c5sc(NC(=O)OC(C)(C)C)c(C#N)c45)c(C(F)(F)F)cc23)CCN1C(=O)OC(C)(C)C. The molecule has 3 aliphatic heterocycles. The van der Waals surface area contributed by atoms with Crippen molar-refractivity contribution in [1.82, 2.24) is 19.8 Å². The van der Waals surface area contributed by atoms with Gasteiger partial charge in [0.1, 0.15) is 52.2 Å². The number of carbonyl (C=O) groups excluding carboxylic acids is 2. The first-order valence-electron chi connectivity index (χ1n) is 19.9. The molecular formula is C42H47F6N7O5S. The topological polar surface area (TPSA) is 133 Å². The van der Waals surface area contributed by atoms with Crippen molar-refractivity contribution < 1.29 is 50.1 Å². The minimum absolute atomic E-state index is 0.0735. The molecule has 19 heteroatoms. The summed E-state index contributed by atoms with van der Waals surface area (Å²) in [7, 11) is 1.57. The van der Waals surface area contributed by atoms with Gasteiger partial charge in [-0.1, -0.05) is 6.07 Å². The van der Waals surface area contributed by atoms with E-state index in [1.807, 2.05) is 11.0 Å². The lowest BCUT2D eigenvalue weighted by Crippen LogP contribution is -2.46. The average Bonchev–Trinajstić information content (AvgIpc) is 3.89. The summed E-state index contributed by atoms with van der Waals surface area (Å²) >= 11 is 0.582. The number of hydrogen-bond donors (Lipinski definition) is 1. The molecule has 3 saturated heterocycles.